The number of hydrogen-bond acceptors (Lipinski definition) is 2. The van der Waals surface area contributed by atoms with Crippen LogP contribution in [-0.4, -0.2) is 17.5 Å². The third-order valence-electron chi connectivity index (χ3n) is 5.46. The fourth-order valence-electron chi connectivity index (χ4n) is 4.04. The molecule has 2 fully saturated rings. The van der Waals surface area contributed by atoms with Crippen molar-refractivity contribution in [2.75, 3.05) is 0 Å². The van der Waals surface area contributed by atoms with Crippen LogP contribution in [-0.2, 0) is 4.79 Å². The predicted molar refractivity (Wildman–Crippen MR) is 78.7 cm³/mol. The van der Waals surface area contributed by atoms with Crippen molar-refractivity contribution in [2.45, 2.75) is 83.2 Å². The van der Waals surface area contributed by atoms with Gasteiger partial charge in [-0.25, -0.2) is 0 Å². The lowest BCUT2D eigenvalue weighted by Gasteiger charge is -2.33. The highest BCUT2D eigenvalue weighted by atomic mass is 16.1. The van der Waals surface area contributed by atoms with Gasteiger partial charge in [-0.2, -0.15) is 0 Å². The maximum absolute atomic E-state index is 12.2. The Kier molecular flexibility index (Phi) is 4.88. The van der Waals surface area contributed by atoms with Crippen LogP contribution in [0.1, 0.15) is 71.6 Å². The normalized spacial score (nSPS) is 34.2. The maximum atomic E-state index is 12.2. The molecule has 0 aromatic heterocycles. The summed E-state index contributed by atoms with van der Waals surface area (Å²) in [4.78, 5) is 12.2. The second kappa shape index (κ2) is 6.25. The Hall–Kier alpha value is -0.570. The van der Waals surface area contributed by atoms with Crippen LogP contribution in [0.3, 0.4) is 0 Å². The fraction of sp³-hybridized carbons (Fsp3) is 0.938. The number of rotatable bonds is 4. The van der Waals surface area contributed by atoms with Gasteiger partial charge in [0.25, 0.3) is 0 Å². The summed E-state index contributed by atoms with van der Waals surface area (Å²) in [6.07, 6.45) is 9.82. The Morgan fingerprint density at radius 2 is 1.95 bits per heavy atom. The molecule has 2 aliphatic rings. The molecule has 1 amide bonds. The maximum Gasteiger partial charge on any atom is 0.222 e. The molecule has 0 aromatic rings. The van der Waals surface area contributed by atoms with E-state index in [4.69, 9.17) is 5.73 Å². The summed E-state index contributed by atoms with van der Waals surface area (Å²) in [7, 11) is 0. The van der Waals surface area contributed by atoms with Gasteiger partial charge in [-0.1, -0.05) is 39.5 Å². The van der Waals surface area contributed by atoms with E-state index >= 15 is 0 Å². The van der Waals surface area contributed by atoms with Crippen molar-refractivity contribution in [3.8, 4) is 0 Å². The number of hydrogen-bond donors (Lipinski definition) is 2. The summed E-state index contributed by atoms with van der Waals surface area (Å²) in [6, 6.07) is 0.379. The fourth-order valence-corrected chi connectivity index (χ4v) is 4.04. The van der Waals surface area contributed by atoms with Gasteiger partial charge in [0.15, 0.2) is 0 Å². The van der Waals surface area contributed by atoms with Crippen molar-refractivity contribution in [1.29, 1.82) is 0 Å². The molecule has 0 aliphatic heterocycles. The molecule has 0 aromatic carbocycles. The number of amides is 1. The molecule has 19 heavy (non-hydrogen) atoms. The van der Waals surface area contributed by atoms with E-state index in [1.807, 2.05) is 0 Å². The van der Waals surface area contributed by atoms with E-state index < -0.39 is 0 Å². The van der Waals surface area contributed by atoms with E-state index in [0.717, 1.165) is 25.2 Å². The van der Waals surface area contributed by atoms with Crippen molar-refractivity contribution < 1.29 is 4.79 Å². The number of carbonyl (C=O) groups excluding carboxylic acids is 1. The largest absolute Gasteiger partial charge is 0.353 e. The molecular formula is C16H30N2O. The van der Waals surface area contributed by atoms with Crippen LogP contribution in [0.4, 0.5) is 0 Å². The van der Waals surface area contributed by atoms with Gasteiger partial charge in [-0.3, -0.25) is 4.79 Å². The monoisotopic (exact) mass is 266 g/mol. The lowest BCUT2D eigenvalue weighted by Crippen LogP contribution is -2.48. The van der Waals surface area contributed by atoms with Gasteiger partial charge in [0.2, 0.25) is 5.91 Å². The minimum absolute atomic E-state index is 0.179. The third kappa shape index (κ3) is 3.71. The van der Waals surface area contributed by atoms with Crippen LogP contribution in [0.5, 0.6) is 0 Å². The Balaban J connectivity index is 1.81. The first kappa shape index (κ1) is 14.8. The summed E-state index contributed by atoms with van der Waals surface area (Å²) in [5.74, 6) is 1.58. The summed E-state index contributed by atoms with van der Waals surface area (Å²) < 4.78 is 0. The zero-order chi connectivity index (χ0) is 13.9. The average molecular weight is 266 g/mol. The number of carbonyl (C=O) groups is 1. The molecule has 3 unspecified atom stereocenters. The molecule has 2 rings (SSSR count). The zero-order valence-corrected chi connectivity index (χ0v) is 12.6. The second-order valence-corrected chi connectivity index (χ2v) is 6.88. The van der Waals surface area contributed by atoms with E-state index in [-0.39, 0.29) is 11.4 Å². The third-order valence-corrected chi connectivity index (χ3v) is 5.46. The minimum Gasteiger partial charge on any atom is -0.353 e. The summed E-state index contributed by atoms with van der Waals surface area (Å²) in [5, 5.41) is 3.25. The summed E-state index contributed by atoms with van der Waals surface area (Å²) >= 11 is 0. The van der Waals surface area contributed by atoms with E-state index in [9.17, 15) is 4.79 Å². The standard InChI is InChI=1S/C16H30N2O/c1-3-13-7-8-14(12(13)2)18-15(19)11-16(17)9-5-4-6-10-16/h12-14H,3-11,17H2,1-2H3,(H,18,19). The van der Waals surface area contributed by atoms with Crippen molar-refractivity contribution >= 4 is 5.91 Å². The molecule has 0 saturated heterocycles. The van der Waals surface area contributed by atoms with Crippen LogP contribution in [0, 0.1) is 11.8 Å². The predicted octanol–water partition coefficient (Wildman–Crippen LogP) is 2.98. The van der Waals surface area contributed by atoms with Gasteiger partial charge in [0.05, 0.1) is 0 Å². The first-order valence-corrected chi connectivity index (χ1v) is 8.12. The molecule has 3 nitrogen and oxygen atoms in total. The second-order valence-electron chi connectivity index (χ2n) is 6.88. The highest BCUT2D eigenvalue weighted by molar-refractivity contribution is 5.77. The highest BCUT2D eigenvalue weighted by Gasteiger charge is 2.35. The zero-order valence-electron chi connectivity index (χ0n) is 12.6. The Morgan fingerprint density at radius 1 is 1.26 bits per heavy atom. The molecule has 0 spiro atoms. The van der Waals surface area contributed by atoms with E-state index in [1.54, 1.807) is 0 Å². The van der Waals surface area contributed by atoms with Crippen LogP contribution in [0.25, 0.3) is 0 Å². The SMILES string of the molecule is CCC1CCC(NC(=O)CC2(N)CCCCC2)C1C. The summed E-state index contributed by atoms with van der Waals surface area (Å²) in [5.41, 5.74) is 6.13. The van der Waals surface area contributed by atoms with E-state index in [2.05, 4.69) is 19.2 Å². The molecule has 0 heterocycles. The molecule has 0 bridgehead atoms. The smallest absolute Gasteiger partial charge is 0.222 e. The van der Waals surface area contributed by atoms with Crippen molar-refractivity contribution in [3.63, 3.8) is 0 Å². The first-order valence-electron chi connectivity index (χ1n) is 8.12. The molecule has 110 valence electrons. The average Bonchev–Trinajstić information content (AvgIpc) is 2.70. The van der Waals surface area contributed by atoms with Crippen LogP contribution in [0.2, 0.25) is 0 Å². The number of nitrogens with one attached hydrogen (secondary N) is 1. The number of nitrogens with two attached hydrogens (primary N) is 1. The quantitative estimate of drug-likeness (QED) is 0.822. The van der Waals surface area contributed by atoms with Gasteiger partial charge in [-0.05, 0) is 37.5 Å². The molecule has 3 atom stereocenters. The molecule has 3 N–H and O–H groups in total. The van der Waals surface area contributed by atoms with Gasteiger partial charge in [-0.15, -0.1) is 0 Å². The van der Waals surface area contributed by atoms with Crippen molar-refractivity contribution in [1.82, 2.24) is 5.32 Å². The van der Waals surface area contributed by atoms with Gasteiger partial charge >= 0.3 is 0 Å². The van der Waals surface area contributed by atoms with Crippen LogP contribution in [0.15, 0.2) is 0 Å². The molecule has 0 radical (unpaired) electrons. The van der Waals surface area contributed by atoms with Crippen molar-refractivity contribution in [2.24, 2.45) is 17.6 Å². The van der Waals surface area contributed by atoms with Crippen LogP contribution < -0.4 is 11.1 Å². The van der Waals surface area contributed by atoms with Crippen LogP contribution >= 0.6 is 0 Å². The van der Waals surface area contributed by atoms with E-state index in [0.29, 0.717) is 18.4 Å². The molecule has 2 aliphatic carbocycles. The minimum atomic E-state index is -0.228. The lowest BCUT2D eigenvalue weighted by atomic mass is 9.80. The lowest BCUT2D eigenvalue weighted by molar-refractivity contribution is -0.123. The molecule has 2 saturated carbocycles. The van der Waals surface area contributed by atoms with Gasteiger partial charge in [0.1, 0.15) is 0 Å². The van der Waals surface area contributed by atoms with Gasteiger partial charge < -0.3 is 11.1 Å². The van der Waals surface area contributed by atoms with E-state index in [1.165, 1.54) is 32.1 Å². The Bertz CT molecular complexity index is 310. The molecule has 3 heteroatoms. The Labute approximate surface area is 117 Å². The highest BCUT2D eigenvalue weighted by Crippen LogP contribution is 2.34. The summed E-state index contributed by atoms with van der Waals surface area (Å²) in [6.45, 7) is 4.53. The molecular weight excluding hydrogens is 236 g/mol. The Morgan fingerprint density at radius 3 is 2.53 bits per heavy atom. The first-order chi connectivity index (χ1) is 9.04. The van der Waals surface area contributed by atoms with Crippen molar-refractivity contribution in [3.05, 3.63) is 0 Å². The topological polar surface area (TPSA) is 55.1 Å². The van der Waals surface area contributed by atoms with Gasteiger partial charge in [0, 0.05) is 18.0 Å².